The summed E-state index contributed by atoms with van der Waals surface area (Å²) in [7, 11) is 0. The maximum Gasteiger partial charge on any atom is 0.150 e. The average molecular weight is 228 g/mol. The van der Waals surface area contributed by atoms with E-state index in [2.05, 4.69) is 16.5 Å². The lowest BCUT2D eigenvalue weighted by atomic mass is 10.0. The van der Waals surface area contributed by atoms with Gasteiger partial charge in [0, 0.05) is 30.1 Å². The number of imidazole rings is 1. The molecule has 0 unspecified atom stereocenters. The molecule has 3 heteroatoms. The average Bonchev–Trinajstić information content (AvgIpc) is 2.78. The van der Waals surface area contributed by atoms with Gasteiger partial charge in [0.1, 0.15) is 12.1 Å². The van der Waals surface area contributed by atoms with E-state index in [0.29, 0.717) is 5.56 Å². The summed E-state index contributed by atoms with van der Waals surface area (Å²) < 4.78 is 2.12. The third-order valence-corrected chi connectivity index (χ3v) is 2.82. The van der Waals surface area contributed by atoms with Crippen LogP contribution in [-0.4, -0.2) is 15.8 Å². The second-order valence-electron chi connectivity index (χ2n) is 4.14. The Morgan fingerprint density at radius 2 is 2.24 bits per heavy atom. The number of aldehydes is 1. The molecule has 2 aromatic rings. The molecule has 1 heterocycles. The molecule has 3 nitrogen and oxygen atoms in total. The first-order valence-electron chi connectivity index (χ1n) is 5.83. The van der Waals surface area contributed by atoms with Crippen molar-refractivity contribution in [3.05, 3.63) is 41.7 Å². The van der Waals surface area contributed by atoms with E-state index < -0.39 is 0 Å². The fourth-order valence-electron chi connectivity index (χ4n) is 1.93. The predicted octanol–water partition coefficient (Wildman–Crippen LogP) is 3.08. The Bertz CT molecular complexity index is 529. The smallest absolute Gasteiger partial charge is 0.150 e. The highest BCUT2D eigenvalue weighted by atomic mass is 16.1. The molecule has 0 atom stereocenters. The van der Waals surface area contributed by atoms with E-state index in [0.717, 1.165) is 36.2 Å². The molecule has 0 saturated heterocycles. The summed E-state index contributed by atoms with van der Waals surface area (Å²) >= 11 is 0. The minimum absolute atomic E-state index is 0.691. The summed E-state index contributed by atoms with van der Waals surface area (Å²) in [6.07, 6.45) is 5.72. The van der Waals surface area contributed by atoms with Crippen LogP contribution in [0.15, 0.2) is 30.6 Å². The molecular weight excluding hydrogens is 212 g/mol. The van der Waals surface area contributed by atoms with Crippen molar-refractivity contribution in [1.82, 2.24) is 9.55 Å². The zero-order valence-electron chi connectivity index (χ0n) is 10.2. The first-order valence-corrected chi connectivity index (χ1v) is 5.83. The summed E-state index contributed by atoms with van der Waals surface area (Å²) in [6.45, 7) is 5.12. The maximum absolute atomic E-state index is 10.8. The van der Waals surface area contributed by atoms with Gasteiger partial charge in [0.15, 0.2) is 0 Å². The minimum atomic E-state index is 0.691. The summed E-state index contributed by atoms with van der Waals surface area (Å²) in [5.74, 6) is 0.938. The first-order chi connectivity index (χ1) is 8.26. The van der Waals surface area contributed by atoms with Crippen molar-refractivity contribution >= 4 is 6.29 Å². The van der Waals surface area contributed by atoms with Gasteiger partial charge in [-0.05, 0) is 25.0 Å². The van der Waals surface area contributed by atoms with Gasteiger partial charge in [0.2, 0.25) is 0 Å². The predicted molar refractivity (Wildman–Crippen MR) is 68.1 cm³/mol. The van der Waals surface area contributed by atoms with Gasteiger partial charge < -0.3 is 4.57 Å². The minimum Gasteiger partial charge on any atom is -0.331 e. The number of carbonyl (C=O) groups excluding carboxylic acids is 1. The summed E-state index contributed by atoms with van der Waals surface area (Å²) in [4.78, 5) is 15.2. The number of hydrogen-bond donors (Lipinski definition) is 0. The topological polar surface area (TPSA) is 34.9 Å². The number of rotatable bonds is 4. The number of aryl methyl sites for hydroxylation is 2. The molecule has 0 bridgehead atoms. The lowest BCUT2D eigenvalue weighted by molar-refractivity contribution is 0.112. The van der Waals surface area contributed by atoms with Crippen LogP contribution >= 0.6 is 0 Å². The van der Waals surface area contributed by atoms with Crippen molar-refractivity contribution in [2.45, 2.75) is 26.8 Å². The highest BCUT2D eigenvalue weighted by Crippen LogP contribution is 2.23. The van der Waals surface area contributed by atoms with Crippen LogP contribution in [0, 0.1) is 6.92 Å². The Morgan fingerprint density at radius 3 is 2.94 bits per heavy atom. The van der Waals surface area contributed by atoms with Crippen LogP contribution in [0.3, 0.4) is 0 Å². The van der Waals surface area contributed by atoms with E-state index in [-0.39, 0.29) is 0 Å². The number of carbonyl (C=O) groups is 1. The normalized spacial score (nSPS) is 10.5. The van der Waals surface area contributed by atoms with Crippen molar-refractivity contribution in [3.63, 3.8) is 0 Å². The molecule has 2 rings (SSSR count). The van der Waals surface area contributed by atoms with Gasteiger partial charge in [-0.15, -0.1) is 0 Å². The molecular formula is C14H16N2O. The number of aromatic nitrogens is 2. The molecule has 0 amide bonds. The second kappa shape index (κ2) is 4.95. The van der Waals surface area contributed by atoms with E-state index >= 15 is 0 Å². The molecule has 0 aliphatic heterocycles. The quantitative estimate of drug-likeness (QED) is 0.754. The zero-order chi connectivity index (χ0) is 12.3. The van der Waals surface area contributed by atoms with Crippen LogP contribution in [-0.2, 0) is 6.54 Å². The molecule has 0 N–H and O–H groups in total. The molecule has 1 aromatic heterocycles. The Kier molecular flexibility index (Phi) is 3.38. The molecule has 0 spiro atoms. The first kappa shape index (κ1) is 11.6. The van der Waals surface area contributed by atoms with Gasteiger partial charge in [0.05, 0.1) is 0 Å². The number of benzene rings is 1. The Hall–Kier alpha value is -1.90. The molecule has 0 aliphatic rings. The van der Waals surface area contributed by atoms with Gasteiger partial charge in [-0.2, -0.15) is 0 Å². The van der Waals surface area contributed by atoms with E-state index in [9.17, 15) is 4.79 Å². The summed E-state index contributed by atoms with van der Waals surface area (Å²) in [6, 6.07) is 5.69. The van der Waals surface area contributed by atoms with E-state index in [1.54, 1.807) is 6.20 Å². The van der Waals surface area contributed by atoms with Gasteiger partial charge in [-0.3, -0.25) is 4.79 Å². The molecule has 0 radical (unpaired) electrons. The molecule has 88 valence electrons. The van der Waals surface area contributed by atoms with Crippen LogP contribution in [0.2, 0.25) is 0 Å². The largest absolute Gasteiger partial charge is 0.331 e. The van der Waals surface area contributed by atoms with Gasteiger partial charge in [-0.25, -0.2) is 4.98 Å². The van der Waals surface area contributed by atoms with Gasteiger partial charge in [0.25, 0.3) is 0 Å². The van der Waals surface area contributed by atoms with Gasteiger partial charge in [-0.1, -0.05) is 19.1 Å². The molecule has 1 aromatic carbocycles. The lowest BCUT2D eigenvalue weighted by Crippen LogP contribution is -2.00. The molecule has 0 saturated carbocycles. The monoisotopic (exact) mass is 228 g/mol. The maximum atomic E-state index is 10.8. The van der Waals surface area contributed by atoms with Crippen LogP contribution in [0.1, 0.15) is 29.3 Å². The van der Waals surface area contributed by atoms with Crippen molar-refractivity contribution in [2.24, 2.45) is 0 Å². The van der Waals surface area contributed by atoms with Crippen LogP contribution < -0.4 is 0 Å². The standard InChI is InChI=1S/C14H16N2O/c1-3-7-16-8-6-15-14(16)13-9-12(10-17)5-4-11(13)2/h4-6,8-10H,3,7H2,1-2H3. The highest BCUT2D eigenvalue weighted by molar-refractivity contribution is 5.78. The Labute approximate surface area is 101 Å². The third-order valence-electron chi connectivity index (χ3n) is 2.82. The third kappa shape index (κ3) is 2.28. The molecule has 17 heavy (non-hydrogen) atoms. The number of nitrogens with zero attached hydrogens (tertiary/aromatic N) is 2. The lowest BCUT2D eigenvalue weighted by Gasteiger charge is -2.09. The fourth-order valence-corrected chi connectivity index (χ4v) is 1.93. The molecule has 0 fully saturated rings. The Morgan fingerprint density at radius 1 is 1.41 bits per heavy atom. The summed E-state index contributed by atoms with van der Waals surface area (Å²) in [5.41, 5.74) is 2.86. The fraction of sp³-hybridized carbons (Fsp3) is 0.286. The van der Waals surface area contributed by atoms with Crippen LogP contribution in [0.25, 0.3) is 11.4 Å². The van der Waals surface area contributed by atoms with Crippen molar-refractivity contribution in [3.8, 4) is 11.4 Å². The van der Waals surface area contributed by atoms with E-state index in [4.69, 9.17) is 0 Å². The van der Waals surface area contributed by atoms with Crippen LogP contribution in [0.5, 0.6) is 0 Å². The second-order valence-corrected chi connectivity index (χ2v) is 4.14. The van der Waals surface area contributed by atoms with Crippen molar-refractivity contribution in [1.29, 1.82) is 0 Å². The SMILES string of the molecule is CCCn1ccnc1-c1cc(C=O)ccc1C. The Balaban J connectivity index is 2.51. The van der Waals surface area contributed by atoms with E-state index in [1.807, 2.05) is 31.3 Å². The summed E-state index contributed by atoms with van der Waals surface area (Å²) in [5, 5.41) is 0. The number of hydrogen-bond acceptors (Lipinski definition) is 2. The van der Waals surface area contributed by atoms with Crippen molar-refractivity contribution < 1.29 is 4.79 Å². The van der Waals surface area contributed by atoms with Gasteiger partial charge >= 0.3 is 0 Å². The van der Waals surface area contributed by atoms with Crippen molar-refractivity contribution in [2.75, 3.05) is 0 Å². The van der Waals surface area contributed by atoms with E-state index in [1.165, 1.54) is 0 Å². The zero-order valence-corrected chi connectivity index (χ0v) is 10.2. The molecule has 0 aliphatic carbocycles. The highest BCUT2D eigenvalue weighted by Gasteiger charge is 2.08. The van der Waals surface area contributed by atoms with Crippen LogP contribution in [0.4, 0.5) is 0 Å².